The number of carboxylic acid groups (broad SMARTS) is 1. The van der Waals surface area contributed by atoms with Gasteiger partial charge in [-0.05, 0) is 30.9 Å². The van der Waals surface area contributed by atoms with Gasteiger partial charge in [0.25, 0.3) is 5.91 Å². The molecule has 1 saturated heterocycles. The third-order valence-corrected chi connectivity index (χ3v) is 3.45. The molecule has 2 heterocycles. The Labute approximate surface area is 111 Å². The van der Waals surface area contributed by atoms with Crippen LogP contribution in [-0.2, 0) is 4.79 Å². The number of hydrogen-bond acceptors (Lipinski definition) is 4. The number of piperidine rings is 1. The molecule has 0 aromatic carbocycles. The van der Waals surface area contributed by atoms with Crippen LogP contribution in [0.5, 0.6) is 0 Å². The van der Waals surface area contributed by atoms with Gasteiger partial charge in [-0.2, -0.15) is 0 Å². The van der Waals surface area contributed by atoms with Gasteiger partial charge in [0.2, 0.25) is 0 Å². The van der Waals surface area contributed by atoms with Crippen molar-refractivity contribution in [3.63, 3.8) is 0 Å². The minimum absolute atomic E-state index is 0.0519. The Morgan fingerprint density at radius 1 is 1.47 bits per heavy atom. The summed E-state index contributed by atoms with van der Waals surface area (Å²) in [5.41, 5.74) is 6.22. The fourth-order valence-electron chi connectivity index (χ4n) is 2.47. The van der Waals surface area contributed by atoms with Gasteiger partial charge >= 0.3 is 5.97 Å². The molecule has 3 N–H and O–H groups in total. The lowest BCUT2D eigenvalue weighted by molar-refractivity contribution is -0.145. The SMILES string of the molecule is CC1CCCN(C(=O)c2ccc(N)cn2)C1C(=O)O. The maximum Gasteiger partial charge on any atom is 0.326 e. The van der Waals surface area contributed by atoms with Crippen LogP contribution in [0.15, 0.2) is 18.3 Å². The van der Waals surface area contributed by atoms with Crippen molar-refractivity contribution in [1.82, 2.24) is 9.88 Å². The van der Waals surface area contributed by atoms with E-state index in [4.69, 9.17) is 5.73 Å². The third-order valence-electron chi connectivity index (χ3n) is 3.45. The molecule has 102 valence electrons. The normalized spacial score (nSPS) is 23.1. The van der Waals surface area contributed by atoms with Gasteiger partial charge in [-0.3, -0.25) is 4.79 Å². The Kier molecular flexibility index (Phi) is 3.69. The molecular weight excluding hydrogens is 246 g/mol. The minimum Gasteiger partial charge on any atom is -0.480 e. The van der Waals surface area contributed by atoms with Crippen LogP contribution in [0.2, 0.25) is 0 Å². The summed E-state index contributed by atoms with van der Waals surface area (Å²) in [6.07, 6.45) is 3.03. The molecule has 6 nitrogen and oxygen atoms in total. The molecule has 1 aromatic heterocycles. The van der Waals surface area contributed by atoms with Crippen molar-refractivity contribution in [3.8, 4) is 0 Å². The van der Waals surface area contributed by atoms with Gasteiger partial charge in [0.1, 0.15) is 11.7 Å². The highest BCUT2D eigenvalue weighted by molar-refractivity contribution is 5.95. The topological polar surface area (TPSA) is 96.5 Å². The number of rotatable bonds is 2. The van der Waals surface area contributed by atoms with E-state index in [9.17, 15) is 14.7 Å². The minimum atomic E-state index is -0.962. The van der Waals surface area contributed by atoms with Crippen molar-refractivity contribution in [2.45, 2.75) is 25.8 Å². The molecule has 1 aromatic rings. The van der Waals surface area contributed by atoms with Crippen molar-refractivity contribution < 1.29 is 14.7 Å². The molecule has 0 spiro atoms. The zero-order valence-corrected chi connectivity index (χ0v) is 10.7. The van der Waals surface area contributed by atoms with Crippen LogP contribution >= 0.6 is 0 Å². The average Bonchev–Trinajstić information content (AvgIpc) is 2.38. The number of carboxylic acids is 1. The first-order valence-corrected chi connectivity index (χ1v) is 6.26. The molecule has 0 saturated carbocycles. The monoisotopic (exact) mass is 263 g/mol. The molecular formula is C13H17N3O3. The van der Waals surface area contributed by atoms with Gasteiger partial charge in [0, 0.05) is 6.54 Å². The van der Waals surface area contributed by atoms with Gasteiger partial charge < -0.3 is 15.7 Å². The molecule has 1 aliphatic rings. The van der Waals surface area contributed by atoms with Crippen molar-refractivity contribution in [3.05, 3.63) is 24.0 Å². The number of nitrogen functional groups attached to an aromatic ring is 1. The van der Waals surface area contributed by atoms with Crippen LogP contribution in [0, 0.1) is 5.92 Å². The first-order valence-electron chi connectivity index (χ1n) is 6.26. The molecule has 2 rings (SSSR count). The maximum atomic E-state index is 12.3. The van der Waals surface area contributed by atoms with E-state index in [0.29, 0.717) is 12.2 Å². The Morgan fingerprint density at radius 2 is 2.21 bits per heavy atom. The highest BCUT2D eigenvalue weighted by Crippen LogP contribution is 2.25. The number of anilines is 1. The van der Waals surface area contributed by atoms with Crippen molar-refractivity contribution in [2.24, 2.45) is 5.92 Å². The largest absolute Gasteiger partial charge is 0.480 e. The first kappa shape index (κ1) is 13.3. The Morgan fingerprint density at radius 3 is 2.79 bits per heavy atom. The van der Waals surface area contributed by atoms with Crippen molar-refractivity contribution in [1.29, 1.82) is 0 Å². The van der Waals surface area contributed by atoms with Gasteiger partial charge in [-0.25, -0.2) is 9.78 Å². The quantitative estimate of drug-likeness (QED) is 0.829. The van der Waals surface area contributed by atoms with E-state index in [-0.39, 0.29) is 17.5 Å². The molecule has 1 fully saturated rings. The lowest BCUT2D eigenvalue weighted by atomic mass is 9.90. The first-order chi connectivity index (χ1) is 9.00. The number of nitrogens with two attached hydrogens (primary N) is 1. The van der Waals surface area contributed by atoms with Crippen LogP contribution in [0.1, 0.15) is 30.3 Å². The molecule has 0 aliphatic carbocycles. The molecule has 0 bridgehead atoms. The number of likely N-dealkylation sites (tertiary alicyclic amines) is 1. The number of hydrogen-bond donors (Lipinski definition) is 2. The van der Waals surface area contributed by atoms with Crippen LogP contribution < -0.4 is 5.73 Å². The number of aromatic nitrogens is 1. The number of aliphatic carboxylic acids is 1. The smallest absolute Gasteiger partial charge is 0.326 e. The molecule has 6 heteroatoms. The van der Waals surface area contributed by atoms with E-state index >= 15 is 0 Å². The van der Waals surface area contributed by atoms with E-state index in [1.807, 2.05) is 6.92 Å². The fraction of sp³-hybridized carbons (Fsp3) is 0.462. The molecule has 2 atom stereocenters. The predicted molar refractivity (Wildman–Crippen MR) is 69.5 cm³/mol. The zero-order chi connectivity index (χ0) is 14.0. The fourth-order valence-corrected chi connectivity index (χ4v) is 2.47. The second kappa shape index (κ2) is 5.26. The number of amides is 1. The van der Waals surface area contributed by atoms with Gasteiger partial charge in [0.05, 0.1) is 11.9 Å². The Hall–Kier alpha value is -2.11. The highest BCUT2D eigenvalue weighted by atomic mass is 16.4. The van der Waals surface area contributed by atoms with E-state index in [2.05, 4.69) is 4.98 Å². The number of carbonyl (C=O) groups is 2. The molecule has 2 unspecified atom stereocenters. The predicted octanol–water partition coefficient (Wildman–Crippen LogP) is 0.989. The van der Waals surface area contributed by atoms with E-state index in [1.54, 1.807) is 6.07 Å². The number of pyridine rings is 1. The lowest BCUT2D eigenvalue weighted by Crippen LogP contribution is -2.52. The summed E-state index contributed by atoms with van der Waals surface area (Å²) in [6.45, 7) is 2.31. The molecule has 19 heavy (non-hydrogen) atoms. The van der Waals surface area contributed by atoms with Gasteiger partial charge in [0.15, 0.2) is 0 Å². The summed E-state index contributed by atoms with van der Waals surface area (Å²) < 4.78 is 0. The maximum absolute atomic E-state index is 12.3. The van der Waals surface area contributed by atoms with Crippen molar-refractivity contribution >= 4 is 17.6 Å². The molecule has 1 aliphatic heterocycles. The highest BCUT2D eigenvalue weighted by Gasteiger charge is 2.37. The second-order valence-corrected chi connectivity index (χ2v) is 4.88. The summed E-state index contributed by atoms with van der Waals surface area (Å²) in [7, 11) is 0. The van der Waals surface area contributed by atoms with E-state index < -0.39 is 12.0 Å². The average molecular weight is 263 g/mol. The van der Waals surface area contributed by atoms with Crippen LogP contribution in [0.3, 0.4) is 0 Å². The summed E-state index contributed by atoms with van der Waals surface area (Å²) in [4.78, 5) is 29.0. The summed E-state index contributed by atoms with van der Waals surface area (Å²) in [5, 5.41) is 9.28. The van der Waals surface area contributed by atoms with E-state index in [0.717, 1.165) is 12.8 Å². The van der Waals surface area contributed by atoms with Gasteiger partial charge in [-0.1, -0.05) is 6.92 Å². The van der Waals surface area contributed by atoms with Crippen LogP contribution in [0.25, 0.3) is 0 Å². The zero-order valence-electron chi connectivity index (χ0n) is 10.7. The summed E-state index contributed by atoms with van der Waals surface area (Å²) in [5.74, 6) is -1.36. The summed E-state index contributed by atoms with van der Waals surface area (Å²) in [6, 6.07) is 2.33. The lowest BCUT2D eigenvalue weighted by Gasteiger charge is -2.37. The standard InChI is InChI=1S/C13H17N3O3/c1-8-3-2-6-16(11(8)13(18)19)12(17)10-5-4-9(14)7-15-10/h4-5,7-8,11H,2-3,6,14H2,1H3,(H,18,19). The third kappa shape index (κ3) is 2.67. The summed E-state index contributed by atoms with van der Waals surface area (Å²) >= 11 is 0. The second-order valence-electron chi connectivity index (χ2n) is 4.88. The Balaban J connectivity index is 2.25. The molecule has 1 amide bonds. The van der Waals surface area contributed by atoms with Gasteiger partial charge in [-0.15, -0.1) is 0 Å². The van der Waals surface area contributed by atoms with Crippen molar-refractivity contribution in [2.75, 3.05) is 12.3 Å². The van der Waals surface area contributed by atoms with Crippen LogP contribution in [-0.4, -0.2) is 39.5 Å². The van der Waals surface area contributed by atoms with Crippen LogP contribution in [0.4, 0.5) is 5.69 Å². The van der Waals surface area contributed by atoms with E-state index in [1.165, 1.54) is 17.2 Å². The number of carbonyl (C=O) groups excluding carboxylic acids is 1. The Bertz CT molecular complexity index is 486. The molecule has 0 radical (unpaired) electrons. The number of nitrogens with zero attached hydrogens (tertiary/aromatic N) is 2.